The van der Waals surface area contributed by atoms with E-state index in [0.29, 0.717) is 26.6 Å². The molecule has 0 unspecified atom stereocenters. The highest BCUT2D eigenvalue weighted by atomic mass is 32.2. The molecule has 2 heterocycles. The van der Waals surface area contributed by atoms with Crippen molar-refractivity contribution < 1.29 is 14.7 Å². The molecule has 162 valence electrons. The van der Waals surface area contributed by atoms with Crippen LogP contribution in [-0.2, 0) is 4.79 Å². The van der Waals surface area contributed by atoms with E-state index in [2.05, 4.69) is 4.98 Å². The van der Waals surface area contributed by atoms with Gasteiger partial charge in [0.25, 0.3) is 0 Å². The molecule has 0 spiro atoms. The van der Waals surface area contributed by atoms with Crippen LogP contribution in [-0.4, -0.2) is 34.6 Å². The second-order valence-electron chi connectivity index (χ2n) is 7.32. The van der Waals surface area contributed by atoms with Gasteiger partial charge < -0.3 is 14.8 Å². The molecule has 0 fully saturated rings. The van der Waals surface area contributed by atoms with E-state index in [4.69, 9.17) is 4.98 Å². The summed E-state index contributed by atoms with van der Waals surface area (Å²) in [5.74, 6) is -0.674. The fourth-order valence-electron chi connectivity index (χ4n) is 3.26. The van der Waals surface area contributed by atoms with Crippen molar-refractivity contribution in [2.45, 2.75) is 18.9 Å². The van der Waals surface area contributed by atoms with Gasteiger partial charge in [0.1, 0.15) is 9.86 Å². The van der Waals surface area contributed by atoms with Crippen LogP contribution in [0.2, 0.25) is 0 Å². The molecule has 0 aliphatic rings. The number of thiophene rings is 1. The van der Waals surface area contributed by atoms with Crippen molar-refractivity contribution in [3.05, 3.63) is 70.6 Å². The van der Waals surface area contributed by atoms with Crippen molar-refractivity contribution in [3.63, 3.8) is 0 Å². The summed E-state index contributed by atoms with van der Waals surface area (Å²) in [4.78, 5) is 36.0. The SMILES string of the molecule is Cc1ccc(-c2nc(SCC(=O)N(C)c3ccccc3)c3c(C)c(C(=O)[O-])sc3n2)cc1. The Balaban J connectivity index is 1.72. The molecular weight excluding hydrogens is 442 g/mol. The number of benzene rings is 2. The van der Waals surface area contributed by atoms with Gasteiger partial charge in [-0.15, -0.1) is 11.3 Å². The van der Waals surface area contributed by atoms with Crippen molar-refractivity contribution in [3.8, 4) is 11.4 Å². The van der Waals surface area contributed by atoms with Crippen LogP contribution in [0.4, 0.5) is 5.69 Å². The average Bonchev–Trinajstić information content (AvgIpc) is 3.14. The number of carboxylic acids is 1. The predicted molar refractivity (Wildman–Crippen MR) is 127 cm³/mol. The van der Waals surface area contributed by atoms with E-state index in [-0.39, 0.29) is 16.5 Å². The summed E-state index contributed by atoms with van der Waals surface area (Å²) in [6.07, 6.45) is 0. The summed E-state index contributed by atoms with van der Waals surface area (Å²) in [6, 6.07) is 17.2. The Morgan fingerprint density at radius 2 is 1.72 bits per heavy atom. The predicted octanol–water partition coefficient (Wildman–Crippen LogP) is 4.09. The Bertz CT molecular complexity index is 1300. The van der Waals surface area contributed by atoms with E-state index in [9.17, 15) is 14.7 Å². The average molecular weight is 463 g/mol. The van der Waals surface area contributed by atoms with E-state index in [1.54, 1.807) is 18.9 Å². The van der Waals surface area contributed by atoms with Crippen molar-refractivity contribution in [1.29, 1.82) is 0 Å². The van der Waals surface area contributed by atoms with Crippen molar-refractivity contribution >= 4 is 50.9 Å². The lowest BCUT2D eigenvalue weighted by atomic mass is 10.1. The minimum Gasteiger partial charge on any atom is -0.544 e. The summed E-state index contributed by atoms with van der Waals surface area (Å²) >= 11 is 2.36. The summed E-state index contributed by atoms with van der Waals surface area (Å²) in [5.41, 5.74) is 3.31. The first-order valence-corrected chi connectivity index (χ1v) is 11.7. The number of hydrogen-bond donors (Lipinski definition) is 0. The van der Waals surface area contributed by atoms with Crippen LogP contribution >= 0.6 is 23.1 Å². The molecule has 0 N–H and O–H groups in total. The third kappa shape index (κ3) is 4.37. The lowest BCUT2D eigenvalue weighted by molar-refractivity contribution is -0.254. The largest absolute Gasteiger partial charge is 0.544 e. The quantitative estimate of drug-likeness (QED) is 0.317. The minimum absolute atomic E-state index is 0.0853. The number of carbonyl (C=O) groups excluding carboxylic acids is 2. The lowest BCUT2D eigenvalue weighted by Gasteiger charge is -2.17. The number of carbonyl (C=O) groups is 2. The number of fused-ring (bicyclic) bond motifs is 1. The number of hydrogen-bond acceptors (Lipinski definition) is 7. The highest BCUT2D eigenvalue weighted by molar-refractivity contribution is 8.00. The summed E-state index contributed by atoms with van der Waals surface area (Å²) in [7, 11) is 1.73. The maximum absolute atomic E-state index is 12.8. The number of anilines is 1. The molecule has 0 atom stereocenters. The molecule has 0 radical (unpaired) electrons. The van der Waals surface area contributed by atoms with Gasteiger partial charge in [-0.1, -0.05) is 59.8 Å². The van der Waals surface area contributed by atoms with Crippen LogP contribution in [0.1, 0.15) is 20.8 Å². The zero-order chi connectivity index (χ0) is 22.8. The third-order valence-electron chi connectivity index (χ3n) is 5.10. The second-order valence-corrected chi connectivity index (χ2v) is 9.28. The molecule has 8 heteroatoms. The van der Waals surface area contributed by atoms with E-state index < -0.39 is 5.97 Å². The van der Waals surface area contributed by atoms with E-state index in [0.717, 1.165) is 28.2 Å². The summed E-state index contributed by atoms with van der Waals surface area (Å²) in [6.45, 7) is 3.72. The fourth-order valence-corrected chi connectivity index (χ4v) is 5.33. The number of carboxylic acid groups (broad SMARTS) is 1. The Labute approximate surface area is 193 Å². The van der Waals surface area contributed by atoms with E-state index in [1.807, 2.05) is 61.5 Å². The Morgan fingerprint density at radius 3 is 2.38 bits per heavy atom. The number of amides is 1. The van der Waals surface area contributed by atoms with Gasteiger partial charge in [0.05, 0.1) is 16.6 Å². The summed E-state index contributed by atoms with van der Waals surface area (Å²) < 4.78 is 0. The molecule has 0 saturated heterocycles. The zero-order valence-electron chi connectivity index (χ0n) is 17.8. The summed E-state index contributed by atoms with van der Waals surface area (Å²) in [5, 5.41) is 12.8. The van der Waals surface area contributed by atoms with Gasteiger partial charge >= 0.3 is 0 Å². The van der Waals surface area contributed by atoms with E-state index in [1.165, 1.54) is 11.8 Å². The minimum atomic E-state index is -1.24. The van der Waals surface area contributed by atoms with Gasteiger partial charge in [-0.2, -0.15) is 0 Å². The first kappa shape index (κ1) is 22.0. The monoisotopic (exact) mass is 462 g/mol. The molecule has 0 aliphatic heterocycles. The molecular formula is C24H20N3O3S2-. The van der Waals surface area contributed by atoms with Crippen molar-refractivity contribution in [1.82, 2.24) is 9.97 Å². The number of aromatic nitrogens is 2. The lowest BCUT2D eigenvalue weighted by Crippen LogP contribution is -2.27. The van der Waals surface area contributed by atoms with Crippen molar-refractivity contribution in [2.24, 2.45) is 0 Å². The molecule has 2 aromatic heterocycles. The highest BCUT2D eigenvalue weighted by Gasteiger charge is 2.20. The van der Waals surface area contributed by atoms with Gasteiger partial charge in [0, 0.05) is 23.7 Å². The molecule has 0 bridgehead atoms. The number of nitrogens with zero attached hydrogens (tertiary/aromatic N) is 3. The van der Waals surface area contributed by atoms with Gasteiger partial charge in [-0.25, -0.2) is 9.97 Å². The standard InChI is InChI=1S/C24H21N3O3S2/c1-14-9-11-16(12-10-14)21-25-22(19-15(2)20(24(29)30)32-23(19)26-21)31-13-18(28)27(3)17-7-5-4-6-8-17/h4-12H,13H2,1-3H3,(H,29,30)/p-1. The van der Waals surface area contributed by atoms with Crippen LogP contribution < -0.4 is 10.0 Å². The van der Waals surface area contributed by atoms with Crippen LogP contribution in [0.15, 0.2) is 59.6 Å². The maximum Gasteiger partial charge on any atom is 0.237 e. The number of rotatable bonds is 6. The number of para-hydroxylation sites is 1. The normalized spacial score (nSPS) is 11.0. The molecule has 2 aromatic carbocycles. The number of aryl methyl sites for hydroxylation is 2. The molecule has 6 nitrogen and oxygen atoms in total. The number of thioether (sulfide) groups is 1. The molecule has 4 aromatic rings. The van der Waals surface area contributed by atoms with Crippen LogP contribution in [0.5, 0.6) is 0 Å². The molecule has 32 heavy (non-hydrogen) atoms. The highest BCUT2D eigenvalue weighted by Crippen LogP contribution is 2.37. The van der Waals surface area contributed by atoms with Crippen molar-refractivity contribution in [2.75, 3.05) is 17.7 Å². The molecule has 0 aliphatic carbocycles. The van der Waals surface area contributed by atoms with Gasteiger partial charge in [0.15, 0.2) is 5.82 Å². The Morgan fingerprint density at radius 1 is 1.03 bits per heavy atom. The zero-order valence-corrected chi connectivity index (χ0v) is 19.4. The van der Waals surface area contributed by atoms with Crippen LogP contribution in [0.3, 0.4) is 0 Å². The molecule has 0 saturated carbocycles. The maximum atomic E-state index is 12.8. The fraction of sp³-hybridized carbons (Fsp3) is 0.167. The topological polar surface area (TPSA) is 86.2 Å². The molecule has 1 amide bonds. The molecule has 4 rings (SSSR count). The first-order chi connectivity index (χ1) is 15.3. The van der Waals surface area contributed by atoms with Gasteiger partial charge in [-0.3, -0.25) is 4.79 Å². The van der Waals surface area contributed by atoms with Gasteiger partial charge in [-0.05, 0) is 31.5 Å². The van der Waals surface area contributed by atoms with E-state index >= 15 is 0 Å². The number of aromatic carboxylic acids is 1. The first-order valence-electron chi connectivity index (χ1n) is 9.89. The Hall–Kier alpha value is -3.23. The Kier molecular flexibility index (Phi) is 6.25. The third-order valence-corrected chi connectivity index (χ3v) is 7.23. The van der Waals surface area contributed by atoms with Gasteiger partial charge in [0.2, 0.25) is 5.91 Å². The second kappa shape index (κ2) is 9.10. The smallest absolute Gasteiger partial charge is 0.237 e. The van der Waals surface area contributed by atoms with Crippen LogP contribution in [0.25, 0.3) is 21.6 Å². The van der Waals surface area contributed by atoms with Crippen LogP contribution in [0, 0.1) is 13.8 Å².